The molecule has 0 spiro atoms. The lowest BCUT2D eigenvalue weighted by molar-refractivity contribution is -0.111. The summed E-state index contributed by atoms with van der Waals surface area (Å²) in [5, 5.41) is 8.56. The highest BCUT2D eigenvalue weighted by Gasteiger charge is 2.09. The van der Waals surface area contributed by atoms with E-state index >= 15 is 0 Å². The first-order valence-electron chi connectivity index (χ1n) is 12.2. The van der Waals surface area contributed by atoms with E-state index in [0.29, 0.717) is 40.9 Å². The number of carbonyl (C=O) groups is 1. The minimum Gasteiger partial charge on any atom is -0.491 e. The maximum atomic E-state index is 14.2. The minimum atomic E-state index is -3.00. The smallest absolute Gasteiger partial charge is 0.247 e. The number of sulfone groups is 1. The van der Waals surface area contributed by atoms with Gasteiger partial charge in [-0.1, -0.05) is 30.8 Å². The summed E-state index contributed by atoms with van der Waals surface area (Å²) >= 11 is 0. The van der Waals surface area contributed by atoms with E-state index in [0.717, 1.165) is 6.20 Å². The molecular weight excluding hydrogens is 549 g/mol. The number of amides is 1. The average molecular weight is 580 g/mol. The zero-order valence-electron chi connectivity index (χ0n) is 22.5. The monoisotopic (exact) mass is 579 g/mol. The first-order chi connectivity index (χ1) is 19.7. The van der Waals surface area contributed by atoms with Crippen molar-refractivity contribution in [2.75, 3.05) is 42.5 Å². The number of carbonyl (C=O) groups excluding carboxylic acids is 1. The first kappa shape index (κ1) is 30.7. The van der Waals surface area contributed by atoms with Gasteiger partial charge >= 0.3 is 0 Å². The van der Waals surface area contributed by atoms with Crippen molar-refractivity contribution in [2.24, 2.45) is 0 Å². The number of ether oxygens (including phenoxy) is 2. The van der Waals surface area contributed by atoms with E-state index in [1.807, 2.05) is 0 Å². The van der Waals surface area contributed by atoms with E-state index in [-0.39, 0.29) is 17.7 Å². The van der Waals surface area contributed by atoms with Crippen molar-refractivity contribution in [2.45, 2.75) is 4.90 Å². The summed E-state index contributed by atoms with van der Waals surface area (Å²) < 4.78 is 46.4. The lowest BCUT2D eigenvalue weighted by Gasteiger charge is -2.11. The third-order valence-electron chi connectivity index (χ3n) is 5.16. The van der Waals surface area contributed by atoms with Gasteiger partial charge in [0.15, 0.2) is 21.5 Å². The van der Waals surface area contributed by atoms with Crippen LogP contribution in [0.25, 0.3) is 0 Å². The number of anilines is 5. The van der Waals surface area contributed by atoms with Crippen LogP contribution >= 0.6 is 0 Å². The van der Waals surface area contributed by atoms with Gasteiger partial charge < -0.3 is 25.4 Å². The zero-order valence-corrected chi connectivity index (χ0v) is 23.3. The number of benzene rings is 3. The Hall–Kier alpha value is -4.81. The molecule has 3 aromatic carbocycles. The highest BCUT2D eigenvalue weighted by molar-refractivity contribution is 7.90. The lowest BCUT2D eigenvalue weighted by atomic mass is 10.2. The molecule has 0 radical (unpaired) electrons. The third-order valence-corrected chi connectivity index (χ3v) is 6.29. The quantitative estimate of drug-likeness (QED) is 0.159. The molecule has 1 amide bonds. The summed E-state index contributed by atoms with van der Waals surface area (Å²) in [6.07, 6.45) is 3.44. The van der Waals surface area contributed by atoms with Gasteiger partial charge in [-0.05, 0) is 60.7 Å². The molecule has 41 heavy (non-hydrogen) atoms. The van der Waals surface area contributed by atoms with Crippen LogP contribution in [0.15, 0.2) is 103 Å². The third kappa shape index (κ3) is 10.4. The minimum absolute atomic E-state index is 0.00998. The lowest BCUT2D eigenvalue weighted by Crippen LogP contribution is -2.07. The van der Waals surface area contributed by atoms with Crippen LogP contribution in [0.5, 0.6) is 5.75 Å². The molecule has 0 bridgehead atoms. The second-order valence-electron chi connectivity index (χ2n) is 8.37. The molecule has 3 N–H and O–H groups in total. The maximum Gasteiger partial charge on any atom is 0.247 e. The molecule has 0 saturated heterocycles. The molecule has 0 saturated carbocycles. The Kier molecular flexibility index (Phi) is 11.3. The fourth-order valence-electron chi connectivity index (χ4n) is 3.19. The van der Waals surface area contributed by atoms with Crippen LogP contribution in [0.1, 0.15) is 0 Å². The molecule has 0 fully saturated rings. The van der Waals surface area contributed by atoms with Crippen molar-refractivity contribution in [3.05, 3.63) is 104 Å². The van der Waals surface area contributed by atoms with Crippen LogP contribution < -0.4 is 20.7 Å². The second-order valence-corrected chi connectivity index (χ2v) is 10.4. The van der Waals surface area contributed by atoms with E-state index in [9.17, 15) is 17.6 Å². The second kappa shape index (κ2) is 15.1. The molecule has 0 unspecified atom stereocenters. The predicted octanol–water partition coefficient (Wildman–Crippen LogP) is 5.34. The Morgan fingerprint density at radius 3 is 2.29 bits per heavy atom. The molecule has 0 atom stereocenters. The summed E-state index contributed by atoms with van der Waals surface area (Å²) in [5.41, 5.74) is 1.80. The number of nitrogens with one attached hydrogen (secondary N) is 3. The molecule has 12 heteroatoms. The molecule has 0 aliphatic heterocycles. The van der Waals surface area contributed by atoms with Crippen molar-refractivity contribution >= 4 is 44.6 Å². The van der Waals surface area contributed by atoms with Gasteiger partial charge in [-0.2, -0.15) is 4.98 Å². The van der Waals surface area contributed by atoms with Gasteiger partial charge in [0.25, 0.3) is 0 Å². The van der Waals surface area contributed by atoms with Crippen LogP contribution in [0.4, 0.5) is 33.2 Å². The van der Waals surface area contributed by atoms with Crippen LogP contribution in [-0.2, 0) is 19.4 Å². The van der Waals surface area contributed by atoms with Gasteiger partial charge in [-0.15, -0.1) is 0 Å². The molecular formula is C29H30FN5O5S. The summed E-state index contributed by atoms with van der Waals surface area (Å²) in [4.78, 5) is 20.0. The van der Waals surface area contributed by atoms with Gasteiger partial charge in [-0.3, -0.25) is 4.79 Å². The Bertz CT molecular complexity index is 1550. The van der Waals surface area contributed by atoms with Crippen molar-refractivity contribution in [3.8, 4) is 5.75 Å². The summed E-state index contributed by atoms with van der Waals surface area (Å²) in [6, 6.07) is 22.3. The normalized spacial score (nSPS) is 10.5. The maximum absolute atomic E-state index is 14.2. The first-order valence-corrected chi connectivity index (χ1v) is 14.1. The van der Waals surface area contributed by atoms with E-state index in [2.05, 4.69) is 32.5 Å². The summed E-state index contributed by atoms with van der Waals surface area (Å²) in [7, 11) is -1.39. The molecule has 10 nitrogen and oxygen atoms in total. The van der Waals surface area contributed by atoms with Gasteiger partial charge in [-0.25, -0.2) is 17.8 Å². The number of halogens is 1. The van der Waals surface area contributed by atoms with Gasteiger partial charge in [0, 0.05) is 30.4 Å². The predicted molar refractivity (Wildman–Crippen MR) is 157 cm³/mol. The Balaban J connectivity index is 0.000000389. The highest BCUT2D eigenvalue weighted by Crippen LogP contribution is 2.23. The summed E-state index contributed by atoms with van der Waals surface area (Å²) in [5.74, 6) is -0.0503. The molecule has 4 aromatic rings. The van der Waals surface area contributed by atoms with Crippen LogP contribution in [0.2, 0.25) is 0 Å². The average Bonchev–Trinajstić information content (AvgIpc) is 2.96. The fourth-order valence-corrected chi connectivity index (χ4v) is 3.85. The molecule has 0 aliphatic rings. The van der Waals surface area contributed by atoms with Crippen molar-refractivity contribution in [1.29, 1.82) is 0 Å². The van der Waals surface area contributed by atoms with E-state index < -0.39 is 15.7 Å². The molecule has 1 aromatic heterocycles. The van der Waals surface area contributed by atoms with E-state index in [1.54, 1.807) is 86.0 Å². The Morgan fingerprint density at radius 2 is 1.66 bits per heavy atom. The van der Waals surface area contributed by atoms with Crippen LogP contribution in [0, 0.1) is 5.82 Å². The number of hydrogen-bond donors (Lipinski definition) is 3. The Morgan fingerprint density at radius 1 is 0.951 bits per heavy atom. The highest BCUT2D eigenvalue weighted by atomic mass is 32.2. The molecule has 1 heterocycles. The largest absolute Gasteiger partial charge is 0.491 e. The number of rotatable bonds is 11. The van der Waals surface area contributed by atoms with Gasteiger partial charge in [0.1, 0.15) is 12.4 Å². The van der Waals surface area contributed by atoms with E-state index in [4.69, 9.17) is 9.47 Å². The Labute approximate surface area is 238 Å². The van der Waals surface area contributed by atoms with Crippen molar-refractivity contribution in [1.82, 2.24) is 9.97 Å². The van der Waals surface area contributed by atoms with Crippen LogP contribution in [-0.4, -0.2) is 50.9 Å². The number of nitrogens with zero attached hydrogens (tertiary/aromatic N) is 2. The SMILES string of the molecule is C=CC(=O)Nc1cccc(Nc2nc(Nc3ccc(OCCOC)cc3)ncc2F)c1.CS(=O)(=O)c1ccccc1. The molecule has 0 aliphatic carbocycles. The number of aromatic nitrogens is 2. The molecule has 214 valence electrons. The standard InChI is InChI=1S/C22H22FN5O3.C7H8O2S/c1-3-20(29)25-16-5-4-6-17(13-16)26-21-19(23)14-24-22(28-21)27-15-7-9-18(10-8-15)31-12-11-30-2;1-10(8,9)7-5-3-2-4-6-7/h3-10,13-14H,1,11-12H2,2H3,(H,25,29)(H2,24,26,27,28);2-6H,1H3. The fraction of sp³-hybridized carbons (Fsp3) is 0.138. The van der Waals surface area contributed by atoms with E-state index in [1.165, 1.54) is 12.3 Å². The molecule has 4 rings (SSSR count). The number of methoxy groups -OCH3 is 1. The zero-order chi connectivity index (χ0) is 29.7. The van der Waals surface area contributed by atoms with Gasteiger partial charge in [0.2, 0.25) is 11.9 Å². The number of hydrogen-bond acceptors (Lipinski definition) is 9. The van der Waals surface area contributed by atoms with Crippen molar-refractivity contribution < 1.29 is 27.1 Å². The van der Waals surface area contributed by atoms with Gasteiger partial charge in [0.05, 0.1) is 17.7 Å². The topological polar surface area (TPSA) is 132 Å². The van der Waals surface area contributed by atoms with Crippen LogP contribution in [0.3, 0.4) is 0 Å². The van der Waals surface area contributed by atoms with Crippen molar-refractivity contribution in [3.63, 3.8) is 0 Å². The summed E-state index contributed by atoms with van der Waals surface area (Å²) in [6.45, 7) is 4.37.